The molecular formula is C39H54O2. The molecule has 0 aromatic rings. The van der Waals surface area contributed by atoms with E-state index in [1.807, 2.05) is 24.3 Å². The van der Waals surface area contributed by atoms with E-state index >= 15 is 0 Å². The van der Waals surface area contributed by atoms with Gasteiger partial charge in [-0.2, -0.15) is 0 Å². The first-order chi connectivity index (χ1) is 19.2. The van der Waals surface area contributed by atoms with Gasteiger partial charge in [0.2, 0.25) is 0 Å². The minimum atomic E-state index is -0.226. The van der Waals surface area contributed by atoms with Gasteiger partial charge < -0.3 is 10.2 Å². The summed E-state index contributed by atoms with van der Waals surface area (Å²) < 4.78 is 0. The lowest BCUT2D eigenvalue weighted by molar-refractivity contribution is 0.116. The van der Waals surface area contributed by atoms with E-state index < -0.39 is 0 Å². The Morgan fingerprint density at radius 3 is 1.29 bits per heavy atom. The third-order valence-corrected chi connectivity index (χ3v) is 7.97. The Bertz CT molecular complexity index is 1240. The molecular weight excluding hydrogens is 500 g/mol. The van der Waals surface area contributed by atoms with Crippen molar-refractivity contribution in [3.05, 3.63) is 130 Å². The van der Waals surface area contributed by atoms with Crippen LogP contribution in [0.2, 0.25) is 0 Å². The topological polar surface area (TPSA) is 40.5 Å². The van der Waals surface area contributed by atoms with Crippen molar-refractivity contribution in [1.29, 1.82) is 0 Å². The maximum absolute atomic E-state index is 10.1. The van der Waals surface area contributed by atoms with Crippen LogP contribution < -0.4 is 0 Å². The zero-order valence-electron chi connectivity index (χ0n) is 27.0. The molecule has 0 aliphatic heterocycles. The van der Waals surface area contributed by atoms with Crippen LogP contribution in [0.1, 0.15) is 88.0 Å². The van der Waals surface area contributed by atoms with Crippen molar-refractivity contribution in [2.24, 2.45) is 10.8 Å². The van der Waals surface area contributed by atoms with Gasteiger partial charge in [0.15, 0.2) is 0 Å². The molecule has 2 heteroatoms. The Labute approximate surface area is 251 Å². The van der Waals surface area contributed by atoms with Gasteiger partial charge in [0.1, 0.15) is 0 Å². The van der Waals surface area contributed by atoms with Crippen molar-refractivity contribution in [1.82, 2.24) is 0 Å². The molecule has 0 aromatic heterocycles. The van der Waals surface area contributed by atoms with E-state index in [-0.39, 0.29) is 23.0 Å². The molecule has 2 aliphatic carbocycles. The van der Waals surface area contributed by atoms with Crippen molar-refractivity contribution >= 4 is 0 Å². The summed E-state index contributed by atoms with van der Waals surface area (Å²) in [6.45, 7) is 19.5. The molecule has 0 heterocycles. The maximum atomic E-state index is 10.1. The fraction of sp³-hybridized carbons (Fsp3) is 0.436. The van der Waals surface area contributed by atoms with E-state index in [4.69, 9.17) is 0 Å². The zero-order chi connectivity index (χ0) is 30.6. The minimum absolute atomic E-state index is 0.00710. The monoisotopic (exact) mass is 554 g/mol. The highest BCUT2D eigenvalue weighted by Crippen LogP contribution is 2.42. The van der Waals surface area contributed by atoms with Crippen LogP contribution in [0.15, 0.2) is 130 Å². The van der Waals surface area contributed by atoms with Crippen LogP contribution in [0.4, 0.5) is 0 Å². The predicted octanol–water partition coefficient (Wildman–Crippen LogP) is 10.2. The predicted molar refractivity (Wildman–Crippen MR) is 180 cm³/mol. The lowest BCUT2D eigenvalue weighted by atomic mass is 9.71. The van der Waals surface area contributed by atoms with Gasteiger partial charge in [0.25, 0.3) is 0 Å². The van der Waals surface area contributed by atoms with E-state index in [2.05, 4.69) is 129 Å². The molecule has 0 aromatic carbocycles. The summed E-state index contributed by atoms with van der Waals surface area (Å²) in [5.41, 5.74) is 8.87. The highest BCUT2D eigenvalue weighted by atomic mass is 16.3. The molecule has 2 atom stereocenters. The average Bonchev–Trinajstić information content (AvgIpc) is 2.83. The van der Waals surface area contributed by atoms with Crippen molar-refractivity contribution in [2.75, 3.05) is 0 Å². The fourth-order valence-corrected chi connectivity index (χ4v) is 5.98. The molecule has 0 saturated heterocycles. The smallest absolute Gasteiger partial charge is 0.0585 e. The van der Waals surface area contributed by atoms with Crippen LogP contribution in [-0.4, -0.2) is 22.4 Å². The average molecular weight is 555 g/mol. The van der Waals surface area contributed by atoms with Crippen molar-refractivity contribution in [3.8, 4) is 0 Å². The summed E-state index contributed by atoms with van der Waals surface area (Å²) in [7, 11) is 0. The molecule has 2 N–H and O–H groups in total. The standard InChI is InChI=1S/C39H54O2/c1-29(19-16-20-31(3)22-24-37-33(5)26-35(41)28-39(37,8)9)17-14-12-10-11-13-15-18-30(2)21-23-36-32(4)25-34(40)27-38(36,6)7/h10-24,34-35,40-41H,25-28H2,1-9H3/b11-10+,14-12+,15-13+,19-16+,23-21+,24-22+,29-17+,30-18+,31-20+. The van der Waals surface area contributed by atoms with Crippen LogP contribution in [0.25, 0.3) is 0 Å². The molecule has 0 saturated carbocycles. The number of allylic oxidation sites excluding steroid dienone is 20. The number of aliphatic hydroxyl groups excluding tert-OH is 2. The van der Waals surface area contributed by atoms with Gasteiger partial charge in [-0.15, -0.1) is 0 Å². The molecule has 0 bridgehead atoms. The number of hydrogen-bond donors (Lipinski definition) is 2. The number of rotatable bonds is 10. The van der Waals surface area contributed by atoms with E-state index in [1.54, 1.807) is 0 Å². The third kappa shape index (κ3) is 11.8. The van der Waals surface area contributed by atoms with Gasteiger partial charge in [-0.1, -0.05) is 147 Å². The van der Waals surface area contributed by atoms with E-state index in [9.17, 15) is 10.2 Å². The summed E-state index contributed by atoms with van der Waals surface area (Å²) in [6.07, 6.45) is 34.3. The Hall–Kier alpha value is -2.94. The molecule has 2 rings (SSSR count). The Morgan fingerprint density at radius 1 is 0.561 bits per heavy atom. The van der Waals surface area contributed by atoms with Crippen molar-refractivity contribution in [3.63, 3.8) is 0 Å². The fourth-order valence-electron chi connectivity index (χ4n) is 5.98. The largest absolute Gasteiger partial charge is 0.393 e. The van der Waals surface area contributed by atoms with E-state index in [1.165, 1.54) is 39.0 Å². The van der Waals surface area contributed by atoms with E-state index in [0.717, 1.165) is 25.7 Å². The Kier molecular flexibility index (Phi) is 13.3. The molecule has 0 spiro atoms. The lowest BCUT2D eigenvalue weighted by Gasteiger charge is -2.35. The second-order valence-electron chi connectivity index (χ2n) is 13.2. The van der Waals surface area contributed by atoms with Crippen LogP contribution >= 0.6 is 0 Å². The van der Waals surface area contributed by atoms with Gasteiger partial charge in [-0.05, 0) is 82.3 Å². The molecule has 41 heavy (non-hydrogen) atoms. The van der Waals surface area contributed by atoms with Crippen LogP contribution in [0, 0.1) is 10.8 Å². The van der Waals surface area contributed by atoms with Gasteiger partial charge in [-0.3, -0.25) is 0 Å². The van der Waals surface area contributed by atoms with Gasteiger partial charge >= 0.3 is 0 Å². The zero-order valence-corrected chi connectivity index (χ0v) is 27.0. The second kappa shape index (κ2) is 15.9. The van der Waals surface area contributed by atoms with Crippen LogP contribution in [-0.2, 0) is 0 Å². The Morgan fingerprint density at radius 2 is 0.902 bits per heavy atom. The maximum Gasteiger partial charge on any atom is 0.0585 e. The first-order valence-corrected chi connectivity index (χ1v) is 15.0. The van der Waals surface area contributed by atoms with Crippen molar-refractivity contribution < 1.29 is 10.2 Å². The molecule has 2 unspecified atom stereocenters. The SMILES string of the molecule is CC1=C(/C=C/C(C)=C/C=C/C=C/C=C/C=C(C)/C=C/C=C(C)/C=C/C2=C(C)CC(O)CC2(C)C)C(C)(C)CC(O)C1. The van der Waals surface area contributed by atoms with Crippen LogP contribution in [0.3, 0.4) is 0 Å². The molecule has 0 amide bonds. The summed E-state index contributed by atoms with van der Waals surface area (Å²) in [6, 6.07) is 0. The Balaban J connectivity index is 1.85. The highest BCUT2D eigenvalue weighted by molar-refractivity contribution is 5.39. The summed E-state index contributed by atoms with van der Waals surface area (Å²) in [5.74, 6) is 0. The molecule has 2 nitrogen and oxygen atoms in total. The first-order valence-electron chi connectivity index (χ1n) is 15.0. The van der Waals surface area contributed by atoms with Crippen molar-refractivity contribution in [2.45, 2.75) is 100 Å². The quantitative estimate of drug-likeness (QED) is 0.264. The molecule has 222 valence electrons. The van der Waals surface area contributed by atoms with Gasteiger partial charge in [0.05, 0.1) is 12.2 Å². The molecule has 0 radical (unpaired) electrons. The minimum Gasteiger partial charge on any atom is -0.393 e. The normalized spacial score (nSPS) is 25.1. The lowest BCUT2D eigenvalue weighted by Crippen LogP contribution is -2.28. The summed E-state index contributed by atoms with van der Waals surface area (Å²) in [5, 5.41) is 20.2. The molecule has 2 aliphatic rings. The van der Waals surface area contributed by atoms with Gasteiger partial charge in [-0.25, -0.2) is 0 Å². The van der Waals surface area contributed by atoms with Crippen LogP contribution in [0.5, 0.6) is 0 Å². The molecule has 0 fully saturated rings. The van der Waals surface area contributed by atoms with E-state index in [0.29, 0.717) is 0 Å². The highest BCUT2D eigenvalue weighted by Gasteiger charge is 2.32. The number of aliphatic hydroxyl groups is 2. The summed E-state index contributed by atoms with van der Waals surface area (Å²) >= 11 is 0. The third-order valence-electron chi connectivity index (χ3n) is 7.97. The first kappa shape index (κ1) is 34.3. The summed E-state index contributed by atoms with van der Waals surface area (Å²) in [4.78, 5) is 0. The van der Waals surface area contributed by atoms with Gasteiger partial charge in [0, 0.05) is 0 Å². The number of hydrogen-bond acceptors (Lipinski definition) is 2. The second-order valence-corrected chi connectivity index (χ2v) is 13.2.